The molecule has 4 nitrogen and oxygen atoms in total. The Labute approximate surface area is 156 Å². The zero-order valence-corrected chi connectivity index (χ0v) is 14.8. The van der Waals surface area contributed by atoms with E-state index >= 15 is 0 Å². The first-order chi connectivity index (χ1) is 13.0. The number of hydrogen-bond acceptors (Lipinski definition) is 3. The van der Waals surface area contributed by atoms with Crippen molar-refractivity contribution in [2.45, 2.75) is 19.6 Å². The quantitative estimate of drug-likeness (QED) is 0.632. The first-order valence-electron chi connectivity index (χ1n) is 8.58. The highest BCUT2D eigenvalue weighted by molar-refractivity contribution is 5.92. The van der Waals surface area contributed by atoms with Crippen LogP contribution in [0.3, 0.4) is 0 Å². The molecule has 0 aliphatic rings. The lowest BCUT2D eigenvalue weighted by molar-refractivity contribution is -0.115. The number of nitrogens with one attached hydrogen (secondary N) is 2. The molecule has 3 rings (SSSR count). The minimum atomic E-state index is -2.87. The first-order valence-corrected chi connectivity index (χ1v) is 8.58. The molecule has 0 fully saturated rings. The van der Waals surface area contributed by atoms with E-state index in [4.69, 9.17) is 0 Å². The molecule has 0 saturated carbocycles. The maximum atomic E-state index is 12.1. The van der Waals surface area contributed by atoms with Crippen molar-refractivity contribution in [2.24, 2.45) is 0 Å². The monoisotopic (exact) mass is 370 g/mol. The number of ether oxygens (including phenoxy) is 1. The number of halogens is 2. The number of benzene rings is 3. The molecule has 140 valence electrons. The minimum absolute atomic E-state index is 0.0105. The van der Waals surface area contributed by atoms with Gasteiger partial charge in [0.25, 0.3) is 0 Å². The molecule has 0 heterocycles. The Morgan fingerprint density at radius 1 is 1.00 bits per heavy atom. The molecule has 2 N–H and O–H groups in total. The second kappa shape index (κ2) is 8.60. The molecular formula is C21H20F2N2O2. The van der Waals surface area contributed by atoms with E-state index in [1.165, 1.54) is 24.3 Å². The zero-order chi connectivity index (χ0) is 19.2. The molecule has 0 spiro atoms. The van der Waals surface area contributed by atoms with E-state index in [9.17, 15) is 13.6 Å². The molecule has 27 heavy (non-hydrogen) atoms. The van der Waals surface area contributed by atoms with Crippen molar-refractivity contribution in [3.63, 3.8) is 0 Å². The third-order valence-electron chi connectivity index (χ3n) is 4.22. The van der Waals surface area contributed by atoms with Gasteiger partial charge in [0.15, 0.2) is 0 Å². The second-order valence-corrected chi connectivity index (χ2v) is 6.12. The third kappa shape index (κ3) is 5.01. The summed E-state index contributed by atoms with van der Waals surface area (Å²) in [7, 11) is 0. The van der Waals surface area contributed by atoms with E-state index < -0.39 is 6.61 Å². The highest BCUT2D eigenvalue weighted by Gasteiger charge is 2.11. The van der Waals surface area contributed by atoms with Crippen LogP contribution in [0.2, 0.25) is 0 Å². The van der Waals surface area contributed by atoms with Crippen LogP contribution < -0.4 is 15.4 Å². The summed E-state index contributed by atoms with van der Waals surface area (Å²) >= 11 is 0. The molecular weight excluding hydrogens is 350 g/mol. The van der Waals surface area contributed by atoms with Crippen LogP contribution in [-0.4, -0.2) is 19.1 Å². The Morgan fingerprint density at radius 2 is 1.70 bits per heavy atom. The van der Waals surface area contributed by atoms with Crippen LogP contribution in [0.4, 0.5) is 14.5 Å². The van der Waals surface area contributed by atoms with Crippen molar-refractivity contribution in [1.82, 2.24) is 5.32 Å². The van der Waals surface area contributed by atoms with Crippen molar-refractivity contribution in [3.05, 3.63) is 72.3 Å². The van der Waals surface area contributed by atoms with Gasteiger partial charge in [-0.15, -0.1) is 0 Å². The Kier molecular flexibility index (Phi) is 5.98. The van der Waals surface area contributed by atoms with E-state index in [0.29, 0.717) is 5.69 Å². The molecule has 1 atom stereocenters. The van der Waals surface area contributed by atoms with Crippen molar-refractivity contribution in [3.8, 4) is 5.75 Å². The van der Waals surface area contributed by atoms with E-state index in [0.717, 1.165) is 16.3 Å². The fraction of sp³-hybridized carbons (Fsp3) is 0.190. The molecule has 0 bridgehead atoms. The number of hydrogen-bond donors (Lipinski definition) is 2. The molecule has 3 aromatic carbocycles. The van der Waals surface area contributed by atoms with Crippen molar-refractivity contribution in [2.75, 3.05) is 11.9 Å². The van der Waals surface area contributed by atoms with Gasteiger partial charge in [-0.05, 0) is 47.5 Å². The van der Waals surface area contributed by atoms with Crippen molar-refractivity contribution >= 4 is 22.4 Å². The Morgan fingerprint density at radius 3 is 2.44 bits per heavy atom. The fourth-order valence-corrected chi connectivity index (χ4v) is 2.91. The van der Waals surface area contributed by atoms with Crippen LogP contribution in [0.5, 0.6) is 5.75 Å². The molecule has 6 heteroatoms. The molecule has 0 saturated heterocycles. The highest BCUT2D eigenvalue weighted by Crippen LogP contribution is 2.24. The van der Waals surface area contributed by atoms with Crippen LogP contribution in [0, 0.1) is 0 Å². The van der Waals surface area contributed by atoms with Gasteiger partial charge in [-0.1, -0.05) is 42.5 Å². The van der Waals surface area contributed by atoms with Gasteiger partial charge in [0.2, 0.25) is 5.91 Å². The minimum Gasteiger partial charge on any atom is -0.435 e. The van der Waals surface area contributed by atoms with Crippen LogP contribution >= 0.6 is 0 Å². The summed E-state index contributed by atoms with van der Waals surface area (Å²) in [6.45, 7) is -0.740. The second-order valence-electron chi connectivity index (χ2n) is 6.12. The van der Waals surface area contributed by atoms with Gasteiger partial charge in [0.1, 0.15) is 5.75 Å². The molecule has 0 aliphatic carbocycles. The SMILES string of the molecule is C[C@@H](NCC(=O)Nc1ccc(OC(F)F)cc1)c1cccc2ccccc12. The number of anilines is 1. The average Bonchev–Trinajstić information content (AvgIpc) is 2.67. The van der Waals surface area contributed by atoms with Gasteiger partial charge in [-0.3, -0.25) is 4.79 Å². The average molecular weight is 370 g/mol. The summed E-state index contributed by atoms with van der Waals surface area (Å²) in [6, 6.07) is 20.0. The normalized spacial score (nSPS) is 12.1. The smallest absolute Gasteiger partial charge is 0.387 e. The fourth-order valence-electron chi connectivity index (χ4n) is 2.91. The third-order valence-corrected chi connectivity index (χ3v) is 4.22. The van der Waals surface area contributed by atoms with Crippen LogP contribution in [0.1, 0.15) is 18.5 Å². The highest BCUT2D eigenvalue weighted by atomic mass is 19.3. The van der Waals surface area contributed by atoms with Gasteiger partial charge in [0, 0.05) is 11.7 Å². The van der Waals surface area contributed by atoms with Gasteiger partial charge in [-0.25, -0.2) is 0 Å². The summed E-state index contributed by atoms with van der Waals surface area (Å²) in [5.41, 5.74) is 1.63. The summed E-state index contributed by atoms with van der Waals surface area (Å²) < 4.78 is 28.6. The lowest BCUT2D eigenvalue weighted by atomic mass is 10.00. The Hall–Kier alpha value is -2.99. The molecule has 0 aromatic heterocycles. The number of carbonyl (C=O) groups is 1. The summed E-state index contributed by atoms with van der Waals surface area (Å²) in [4.78, 5) is 12.1. The summed E-state index contributed by atoms with van der Waals surface area (Å²) in [5, 5.41) is 8.23. The predicted octanol–water partition coefficient (Wildman–Crippen LogP) is 4.73. The number of amides is 1. The summed E-state index contributed by atoms with van der Waals surface area (Å²) in [6.07, 6.45) is 0. The Bertz CT molecular complexity index is 908. The lowest BCUT2D eigenvalue weighted by Gasteiger charge is -2.16. The predicted molar refractivity (Wildman–Crippen MR) is 102 cm³/mol. The van der Waals surface area contributed by atoms with Crippen LogP contribution in [0.15, 0.2) is 66.7 Å². The van der Waals surface area contributed by atoms with Crippen LogP contribution in [-0.2, 0) is 4.79 Å². The number of rotatable bonds is 7. The van der Waals surface area contributed by atoms with Crippen molar-refractivity contribution < 1.29 is 18.3 Å². The van der Waals surface area contributed by atoms with E-state index in [1.807, 2.05) is 31.2 Å². The van der Waals surface area contributed by atoms with E-state index in [2.05, 4.69) is 33.6 Å². The largest absolute Gasteiger partial charge is 0.435 e. The van der Waals surface area contributed by atoms with Crippen LogP contribution in [0.25, 0.3) is 10.8 Å². The molecule has 0 aliphatic heterocycles. The van der Waals surface area contributed by atoms with Gasteiger partial charge in [-0.2, -0.15) is 8.78 Å². The maximum Gasteiger partial charge on any atom is 0.387 e. The van der Waals surface area contributed by atoms with Gasteiger partial charge in [0.05, 0.1) is 6.54 Å². The maximum absolute atomic E-state index is 12.1. The molecule has 0 radical (unpaired) electrons. The van der Waals surface area contributed by atoms with E-state index in [-0.39, 0.29) is 24.2 Å². The lowest BCUT2D eigenvalue weighted by Crippen LogP contribution is -2.30. The number of carbonyl (C=O) groups excluding carboxylic acids is 1. The first kappa shape index (κ1) is 18.8. The summed E-state index contributed by atoms with van der Waals surface area (Å²) in [5.74, 6) is -0.171. The number of alkyl halides is 2. The molecule has 0 unspecified atom stereocenters. The molecule has 3 aromatic rings. The number of fused-ring (bicyclic) bond motifs is 1. The van der Waals surface area contributed by atoms with E-state index in [1.54, 1.807) is 0 Å². The standard InChI is InChI=1S/C21H20F2N2O2/c1-14(18-8-4-6-15-5-2-3-7-19(15)18)24-13-20(26)25-16-9-11-17(12-10-16)27-21(22)23/h2-12,14,21,24H,13H2,1H3,(H,25,26)/t14-/m1/s1. The van der Waals surface area contributed by atoms with Crippen molar-refractivity contribution in [1.29, 1.82) is 0 Å². The van der Waals surface area contributed by atoms with Gasteiger partial charge >= 0.3 is 6.61 Å². The molecule has 1 amide bonds. The van der Waals surface area contributed by atoms with Gasteiger partial charge < -0.3 is 15.4 Å². The topological polar surface area (TPSA) is 50.4 Å². The zero-order valence-electron chi connectivity index (χ0n) is 14.8. The Balaban J connectivity index is 1.57.